The van der Waals surface area contributed by atoms with Gasteiger partial charge in [-0.3, -0.25) is 14.4 Å². The van der Waals surface area contributed by atoms with Crippen molar-refractivity contribution in [3.05, 3.63) is 89.2 Å². The molecule has 3 N–H and O–H groups in total. The third-order valence-electron chi connectivity index (χ3n) is 5.94. The molecular formula is C25H24F2N4O3. The van der Waals surface area contributed by atoms with Crippen molar-refractivity contribution in [2.75, 3.05) is 18.4 Å². The highest BCUT2D eigenvalue weighted by Crippen LogP contribution is 2.33. The lowest BCUT2D eigenvalue weighted by Gasteiger charge is -2.25. The molecule has 2 heterocycles. The summed E-state index contributed by atoms with van der Waals surface area (Å²) in [6.45, 7) is 0.701. The number of hydrogen-bond donors (Lipinski definition) is 3. The summed E-state index contributed by atoms with van der Waals surface area (Å²) >= 11 is 0. The van der Waals surface area contributed by atoms with E-state index < -0.39 is 23.6 Å². The van der Waals surface area contributed by atoms with Gasteiger partial charge in [-0.1, -0.05) is 12.1 Å². The predicted molar refractivity (Wildman–Crippen MR) is 122 cm³/mol. The van der Waals surface area contributed by atoms with Crippen LogP contribution in [-0.2, 0) is 16.0 Å². The fraction of sp³-hybridized carbons (Fsp3) is 0.240. The van der Waals surface area contributed by atoms with Crippen molar-refractivity contribution < 1.29 is 23.2 Å². The molecule has 7 nitrogen and oxygen atoms in total. The van der Waals surface area contributed by atoms with Gasteiger partial charge in [0.25, 0.3) is 5.91 Å². The number of benzene rings is 2. The first-order valence-electron chi connectivity index (χ1n) is 10.9. The Hall–Kier alpha value is -4.01. The summed E-state index contributed by atoms with van der Waals surface area (Å²) < 4.78 is 27.6. The zero-order chi connectivity index (χ0) is 24.1. The number of H-pyrrole nitrogens is 1. The Morgan fingerprint density at radius 3 is 2.68 bits per heavy atom. The molecule has 0 saturated carbocycles. The fourth-order valence-corrected chi connectivity index (χ4v) is 4.31. The van der Waals surface area contributed by atoms with E-state index in [4.69, 9.17) is 0 Å². The highest BCUT2D eigenvalue weighted by Gasteiger charge is 2.33. The quantitative estimate of drug-likeness (QED) is 0.445. The molecular weight excluding hydrogens is 442 g/mol. The topological polar surface area (TPSA) is 94.3 Å². The van der Waals surface area contributed by atoms with Crippen LogP contribution in [0.25, 0.3) is 0 Å². The van der Waals surface area contributed by atoms with Crippen LogP contribution in [0.15, 0.2) is 60.8 Å². The molecule has 0 spiro atoms. The van der Waals surface area contributed by atoms with Crippen LogP contribution in [-0.4, -0.2) is 47.2 Å². The second kappa shape index (κ2) is 10.3. The monoisotopic (exact) mass is 466 g/mol. The van der Waals surface area contributed by atoms with E-state index in [1.165, 1.54) is 30.3 Å². The van der Waals surface area contributed by atoms with E-state index in [0.29, 0.717) is 48.4 Å². The molecule has 1 saturated heterocycles. The van der Waals surface area contributed by atoms with Crippen molar-refractivity contribution in [1.29, 1.82) is 0 Å². The summed E-state index contributed by atoms with van der Waals surface area (Å²) in [6, 6.07) is 12.4. The lowest BCUT2D eigenvalue weighted by Crippen LogP contribution is -2.49. The van der Waals surface area contributed by atoms with E-state index in [1.54, 1.807) is 35.4 Å². The molecule has 176 valence electrons. The van der Waals surface area contributed by atoms with Crippen molar-refractivity contribution in [3.8, 4) is 0 Å². The smallest absolute Gasteiger partial charge is 0.268 e. The molecule has 0 aliphatic carbocycles. The van der Waals surface area contributed by atoms with Gasteiger partial charge in [0.2, 0.25) is 12.3 Å². The van der Waals surface area contributed by atoms with Crippen LogP contribution < -0.4 is 10.6 Å². The van der Waals surface area contributed by atoms with Crippen molar-refractivity contribution in [1.82, 2.24) is 15.2 Å². The maximum atomic E-state index is 13.9. The molecule has 1 aromatic heterocycles. The van der Waals surface area contributed by atoms with E-state index in [2.05, 4.69) is 15.6 Å². The molecule has 1 fully saturated rings. The zero-order valence-electron chi connectivity index (χ0n) is 18.3. The number of carbonyl (C=O) groups excluding carboxylic acids is 3. The average molecular weight is 466 g/mol. The van der Waals surface area contributed by atoms with Crippen LogP contribution in [0.5, 0.6) is 0 Å². The molecule has 2 atom stereocenters. The van der Waals surface area contributed by atoms with E-state index in [-0.39, 0.29) is 18.2 Å². The maximum Gasteiger partial charge on any atom is 0.268 e. The highest BCUT2D eigenvalue weighted by atomic mass is 19.1. The number of likely N-dealkylation sites (tertiary alicyclic amines) is 1. The van der Waals surface area contributed by atoms with Crippen molar-refractivity contribution in [2.24, 2.45) is 0 Å². The Morgan fingerprint density at radius 2 is 1.94 bits per heavy atom. The Bertz CT molecular complexity index is 1180. The Labute approximate surface area is 195 Å². The molecule has 9 heteroatoms. The fourth-order valence-electron chi connectivity index (χ4n) is 4.31. The standard InChI is InChI=1S/C25H24F2N4O3/c26-18-4-1-3-16(11-18)12-23(30-24(33)22-5-2-9-28-22)25(34)31-10-8-17(14-31)20-13-19(27)6-7-21(20)29-15-32/h1-7,9,11,13,15,17,23,28H,8,10,12,14H2,(H,29,32)(H,30,33). The minimum absolute atomic E-state index is 0.113. The van der Waals surface area contributed by atoms with Gasteiger partial charge in [-0.2, -0.15) is 0 Å². The van der Waals surface area contributed by atoms with E-state index in [1.807, 2.05) is 0 Å². The van der Waals surface area contributed by atoms with Crippen molar-refractivity contribution >= 4 is 23.9 Å². The zero-order valence-corrected chi connectivity index (χ0v) is 18.3. The van der Waals surface area contributed by atoms with Gasteiger partial charge < -0.3 is 20.5 Å². The summed E-state index contributed by atoms with van der Waals surface area (Å²) in [5.41, 5.74) is 1.98. The largest absolute Gasteiger partial charge is 0.357 e. The molecule has 3 amide bonds. The van der Waals surface area contributed by atoms with Crippen LogP contribution >= 0.6 is 0 Å². The van der Waals surface area contributed by atoms with Gasteiger partial charge in [0.15, 0.2) is 0 Å². The summed E-state index contributed by atoms with van der Waals surface area (Å²) in [6.07, 6.45) is 2.81. The van der Waals surface area contributed by atoms with Gasteiger partial charge in [-0.05, 0) is 60.0 Å². The number of nitrogens with one attached hydrogen (secondary N) is 3. The van der Waals surface area contributed by atoms with Crippen LogP contribution in [0.1, 0.15) is 34.0 Å². The molecule has 2 unspecified atom stereocenters. The summed E-state index contributed by atoms with van der Waals surface area (Å²) in [5, 5.41) is 5.34. The van der Waals surface area contributed by atoms with Crippen LogP contribution in [0.3, 0.4) is 0 Å². The molecule has 0 radical (unpaired) electrons. The number of anilines is 1. The van der Waals surface area contributed by atoms with Gasteiger partial charge in [0, 0.05) is 37.3 Å². The minimum atomic E-state index is -0.920. The molecule has 1 aliphatic heterocycles. The second-order valence-electron chi connectivity index (χ2n) is 8.21. The van der Waals surface area contributed by atoms with Crippen LogP contribution in [0, 0.1) is 11.6 Å². The third-order valence-corrected chi connectivity index (χ3v) is 5.94. The summed E-state index contributed by atoms with van der Waals surface area (Å²) in [5.74, 6) is -1.80. The van der Waals surface area contributed by atoms with Gasteiger partial charge in [-0.25, -0.2) is 8.78 Å². The number of aromatic nitrogens is 1. The summed E-state index contributed by atoms with van der Waals surface area (Å²) in [4.78, 5) is 41.5. The van der Waals surface area contributed by atoms with E-state index >= 15 is 0 Å². The minimum Gasteiger partial charge on any atom is -0.357 e. The lowest BCUT2D eigenvalue weighted by molar-refractivity contribution is -0.132. The molecule has 34 heavy (non-hydrogen) atoms. The number of nitrogens with zero attached hydrogens (tertiary/aromatic N) is 1. The molecule has 4 rings (SSSR count). The Morgan fingerprint density at radius 1 is 1.12 bits per heavy atom. The average Bonchev–Trinajstić information content (AvgIpc) is 3.52. The molecule has 2 aromatic carbocycles. The number of hydrogen-bond acceptors (Lipinski definition) is 3. The number of aromatic amines is 1. The van der Waals surface area contributed by atoms with Crippen molar-refractivity contribution in [2.45, 2.75) is 24.8 Å². The first-order valence-corrected chi connectivity index (χ1v) is 10.9. The highest BCUT2D eigenvalue weighted by molar-refractivity contribution is 5.96. The first kappa shape index (κ1) is 23.2. The predicted octanol–water partition coefficient (Wildman–Crippen LogP) is 3.22. The van der Waals surface area contributed by atoms with Gasteiger partial charge in [-0.15, -0.1) is 0 Å². The van der Waals surface area contributed by atoms with Gasteiger partial charge in [0.05, 0.1) is 0 Å². The number of rotatable bonds is 8. The third kappa shape index (κ3) is 5.31. The SMILES string of the molecule is O=CNc1ccc(F)cc1C1CCN(C(=O)C(Cc2cccc(F)c2)NC(=O)c2ccc[nH]2)C1. The first-order chi connectivity index (χ1) is 16.4. The van der Waals surface area contributed by atoms with Crippen LogP contribution in [0.4, 0.5) is 14.5 Å². The molecule has 3 aromatic rings. The second-order valence-corrected chi connectivity index (χ2v) is 8.21. The maximum absolute atomic E-state index is 13.9. The normalized spacial score (nSPS) is 16.2. The molecule has 1 aliphatic rings. The number of halogens is 2. The van der Waals surface area contributed by atoms with E-state index in [9.17, 15) is 23.2 Å². The molecule has 0 bridgehead atoms. The van der Waals surface area contributed by atoms with Crippen LogP contribution in [0.2, 0.25) is 0 Å². The van der Waals surface area contributed by atoms with Gasteiger partial charge >= 0.3 is 0 Å². The summed E-state index contributed by atoms with van der Waals surface area (Å²) in [7, 11) is 0. The Balaban J connectivity index is 1.53. The van der Waals surface area contributed by atoms with Crippen molar-refractivity contribution in [3.63, 3.8) is 0 Å². The van der Waals surface area contributed by atoms with Gasteiger partial charge in [0.1, 0.15) is 23.4 Å². The number of amides is 3. The Kier molecular flexibility index (Phi) is 7.01. The van der Waals surface area contributed by atoms with E-state index in [0.717, 1.165) is 0 Å². The lowest BCUT2D eigenvalue weighted by atomic mass is 9.96. The number of carbonyl (C=O) groups is 3.